The lowest BCUT2D eigenvalue weighted by molar-refractivity contribution is 0.264. The summed E-state index contributed by atoms with van der Waals surface area (Å²) in [6.45, 7) is 5.52. The third-order valence-electron chi connectivity index (χ3n) is 3.81. The van der Waals surface area contributed by atoms with Crippen molar-refractivity contribution < 1.29 is 9.47 Å². The molecule has 0 aliphatic heterocycles. The number of hydrogen-bond acceptors (Lipinski definition) is 4. The number of para-hydroxylation sites is 1. The molecule has 0 spiro atoms. The number of unbranched alkanes of at least 4 members (excludes halogenated alkanes) is 1. The van der Waals surface area contributed by atoms with Gasteiger partial charge < -0.3 is 14.0 Å². The molecule has 0 atom stereocenters. The molecule has 2 N–H and O–H groups in total. The molecule has 0 bridgehead atoms. The number of aromatic nitrogens is 1. The normalized spacial score (nSPS) is 11.2. The van der Waals surface area contributed by atoms with E-state index in [-0.39, 0.29) is 0 Å². The van der Waals surface area contributed by atoms with Gasteiger partial charge in [-0.2, -0.15) is 5.10 Å². The van der Waals surface area contributed by atoms with E-state index in [1.54, 1.807) is 6.21 Å². The molecular weight excluding hydrogens is 420 g/mol. The molecule has 0 fully saturated rings. The maximum absolute atomic E-state index is 6.90. The van der Waals surface area contributed by atoms with Crippen LogP contribution in [0.15, 0.2) is 46.1 Å². The number of nitrogens with zero attached hydrogens (tertiary/aromatic N) is 2. The van der Waals surface area contributed by atoms with Gasteiger partial charge in [0.25, 0.3) is 0 Å². The number of hydrazone groups is 1. The minimum atomic E-state index is 0.644. The lowest BCUT2D eigenvalue weighted by Gasteiger charge is -2.18. The Morgan fingerprint density at radius 3 is 2.82 bits per heavy atom. The van der Waals surface area contributed by atoms with Crippen LogP contribution in [0.1, 0.15) is 38.8 Å². The van der Waals surface area contributed by atoms with Crippen LogP contribution in [0.2, 0.25) is 0 Å². The maximum atomic E-state index is 6.90. The summed E-state index contributed by atoms with van der Waals surface area (Å²) in [5, 5.41) is 10.8. The van der Waals surface area contributed by atoms with Crippen molar-refractivity contribution in [2.24, 2.45) is 5.10 Å². The lowest BCUT2D eigenvalue weighted by atomic mass is 10.2. The second kappa shape index (κ2) is 12.0. The second-order valence-corrected chi connectivity index (χ2v) is 6.93. The van der Waals surface area contributed by atoms with Crippen LogP contribution in [0.4, 0.5) is 0 Å². The van der Waals surface area contributed by atoms with Gasteiger partial charge in [0.05, 0.1) is 25.2 Å². The molecule has 150 valence electrons. The SMILES string of the molecule is CCCCOc1c(OCCC)cccc1-n1cc(Br)cc1/C=C/C=N/NC=N. The van der Waals surface area contributed by atoms with E-state index in [1.165, 1.54) is 0 Å². The number of nitrogens with one attached hydrogen (secondary N) is 2. The molecule has 2 rings (SSSR count). The van der Waals surface area contributed by atoms with E-state index in [1.807, 2.05) is 42.6 Å². The quantitative estimate of drug-likeness (QED) is 0.198. The Bertz CT molecular complexity index is 815. The molecule has 28 heavy (non-hydrogen) atoms. The zero-order valence-corrected chi connectivity index (χ0v) is 17.9. The van der Waals surface area contributed by atoms with Crippen LogP contribution in [0.25, 0.3) is 11.8 Å². The molecule has 1 aromatic carbocycles. The van der Waals surface area contributed by atoms with E-state index < -0.39 is 0 Å². The number of benzene rings is 1. The molecule has 1 heterocycles. The van der Waals surface area contributed by atoms with Crippen molar-refractivity contribution in [2.45, 2.75) is 33.1 Å². The Balaban J connectivity index is 2.41. The topological polar surface area (TPSA) is 71.6 Å². The highest BCUT2D eigenvalue weighted by Gasteiger charge is 2.15. The van der Waals surface area contributed by atoms with Crippen LogP contribution in [0.5, 0.6) is 11.5 Å². The molecule has 6 nitrogen and oxygen atoms in total. The number of halogens is 1. The fraction of sp³-hybridized carbons (Fsp3) is 0.333. The summed E-state index contributed by atoms with van der Waals surface area (Å²) in [4.78, 5) is 0. The van der Waals surface area contributed by atoms with E-state index >= 15 is 0 Å². The van der Waals surface area contributed by atoms with Crippen molar-refractivity contribution in [3.8, 4) is 17.2 Å². The molecule has 0 amide bonds. The van der Waals surface area contributed by atoms with E-state index in [0.29, 0.717) is 13.2 Å². The summed E-state index contributed by atoms with van der Waals surface area (Å²) in [5.74, 6) is 1.51. The molecule has 2 aromatic rings. The van der Waals surface area contributed by atoms with Crippen LogP contribution in [-0.4, -0.2) is 30.3 Å². The van der Waals surface area contributed by atoms with E-state index in [2.05, 4.69) is 44.9 Å². The molecule has 0 aliphatic rings. The predicted molar refractivity (Wildman–Crippen MR) is 119 cm³/mol. The van der Waals surface area contributed by atoms with Crippen molar-refractivity contribution in [3.63, 3.8) is 0 Å². The summed E-state index contributed by atoms with van der Waals surface area (Å²) < 4.78 is 15.1. The average Bonchev–Trinajstić information content (AvgIpc) is 3.07. The first-order chi connectivity index (χ1) is 13.7. The van der Waals surface area contributed by atoms with Gasteiger partial charge in [0, 0.05) is 22.6 Å². The average molecular weight is 447 g/mol. The molecule has 0 aliphatic carbocycles. The second-order valence-electron chi connectivity index (χ2n) is 6.02. The summed E-state index contributed by atoms with van der Waals surface area (Å²) >= 11 is 3.56. The summed E-state index contributed by atoms with van der Waals surface area (Å²) in [6, 6.07) is 7.96. The number of ether oxygens (including phenoxy) is 2. The van der Waals surface area contributed by atoms with Gasteiger partial charge in [0.15, 0.2) is 11.5 Å². The van der Waals surface area contributed by atoms with E-state index in [9.17, 15) is 0 Å². The highest BCUT2D eigenvalue weighted by Crippen LogP contribution is 2.36. The minimum Gasteiger partial charge on any atom is -0.490 e. The highest BCUT2D eigenvalue weighted by atomic mass is 79.9. The van der Waals surface area contributed by atoms with Gasteiger partial charge in [-0.05, 0) is 59.1 Å². The summed E-state index contributed by atoms with van der Waals surface area (Å²) in [6.07, 6.45) is 11.4. The fourth-order valence-electron chi connectivity index (χ4n) is 2.53. The van der Waals surface area contributed by atoms with Crippen LogP contribution in [0, 0.1) is 5.41 Å². The van der Waals surface area contributed by atoms with Gasteiger partial charge in [-0.15, -0.1) is 0 Å². The fourth-order valence-corrected chi connectivity index (χ4v) is 2.97. The Morgan fingerprint density at radius 2 is 2.07 bits per heavy atom. The van der Waals surface area contributed by atoms with Crippen molar-refractivity contribution in [1.29, 1.82) is 5.41 Å². The number of allylic oxidation sites excluding steroid dienone is 1. The van der Waals surface area contributed by atoms with Crippen LogP contribution >= 0.6 is 15.9 Å². The van der Waals surface area contributed by atoms with Gasteiger partial charge in [-0.1, -0.05) is 26.3 Å². The van der Waals surface area contributed by atoms with E-state index in [4.69, 9.17) is 14.9 Å². The summed E-state index contributed by atoms with van der Waals surface area (Å²) in [7, 11) is 0. The first-order valence-corrected chi connectivity index (χ1v) is 10.2. The highest BCUT2D eigenvalue weighted by molar-refractivity contribution is 9.10. The Morgan fingerprint density at radius 1 is 1.21 bits per heavy atom. The van der Waals surface area contributed by atoms with E-state index in [0.717, 1.165) is 53.0 Å². The first-order valence-electron chi connectivity index (χ1n) is 9.42. The third-order valence-corrected chi connectivity index (χ3v) is 4.24. The standard InChI is InChI=1S/C21H27BrN4O2/c1-3-5-13-28-21-19(9-6-10-20(21)27-12-4-2)26-15-17(22)14-18(26)8-7-11-24-25-16-23/h6-11,14-16H,3-5,12-13H2,1-2H3,(H2,23,25)/b8-7+,24-11+. The molecule has 0 unspecified atom stereocenters. The van der Waals surface area contributed by atoms with Gasteiger partial charge in [-0.3, -0.25) is 10.8 Å². The lowest BCUT2D eigenvalue weighted by Crippen LogP contribution is -2.06. The van der Waals surface area contributed by atoms with Crippen molar-refractivity contribution >= 4 is 34.6 Å². The van der Waals surface area contributed by atoms with Gasteiger partial charge in [-0.25, -0.2) is 0 Å². The molecule has 7 heteroatoms. The predicted octanol–water partition coefficient (Wildman–Crippen LogP) is 5.40. The monoisotopic (exact) mass is 446 g/mol. The molecule has 0 saturated carbocycles. The zero-order valence-electron chi connectivity index (χ0n) is 16.3. The van der Waals surface area contributed by atoms with Crippen LogP contribution < -0.4 is 14.9 Å². The first kappa shape index (κ1) is 21.8. The third kappa shape index (κ3) is 6.27. The number of rotatable bonds is 12. The van der Waals surface area contributed by atoms with Gasteiger partial charge in [0.1, 0.15) is 0 Å². The van der Waals surface area contributed by atoms with Crippen molar-refractivity contribution in [2.75, 3.05) is 13.2 Å². The van der Waals surface area contributed by atoms with Crippen molar-refractivity contribution in [3.05, 3.63) is 46.7 Å². The Hall–Kier alpha value is -2.54. The molecule has 0 saturated heterocycles. The minimum absolute atomic E-state index is 0.644. The Labute approximate surface area is 174 Å². The summed E-state index contributed by atoms with van der Waals surface area (Å²) in [5.41, 5.74) is 4.34. The van der Waals surface area contributed by atoms with Crippen molar-refractivity contribution in [1.82, 2.24) is 9.99 Å². The zero-order chi connectivity index (χ0) is 20.2. The smallest absolute Gasteiger partial charge is 0.185 e. The largest absolute Gasteiger partial charge is 0.490 e. The van der Waals surface area contributed by atoms with Gasteiger partial charge in [0.2, 0.25) is 0 Å². The molecule has 0 radical (unpaired) electrons. The van der Waals surface area contributed by atoms with Crippen LogP contribution in [-0.2, 0) is 0 Å². The van der Waals surface area contributed by atoms with Gasteiger partial charge >= 0.3 is 0 Å². The molecular formula is C21H27BrN4O2. The number of hydrogen-bond donors (Lipinski definition) is 2. The van der Waals surface area contributed by atoms with Crippen LogP contribution in [0.3, 0.4) is 0 Å². The Kier molecular flexibility index (Phi) is 9.34. The maximum Gasteiger partial charge on any atom is 0.185 e. The molecule has 1 aromatic heterocycles.